The Labute approximate surface area is 199 Å². The second-order valence-corrected chi connectivity index (χ2v) is 8.41. The molecule has 176 valence electrons. The van der Waals surface area contributed by atoms with Gasteiger partial charge < -0.3 is 24.4 Å². The molecule has 0 spiro atoms. The van der Waals surface area contributed by atoms with Gasteiger partial charge in [-0.2, -0.15) is 0 Å². The van der Waals surface area contributed by atoms with Gasteiger partial charge >= 0.3 is 0 Å². The molecular formula is C25H29ClN2O5. The SMILES string of the molecule is CCOc1ccc(C(O)=C2C(=O)C(=O)N(CCCN(C)C)[C@H]2c2ccc(OC)cc2)cc1Cl. The summed E-state index contributed by atoms with van der Waals surface area (Å²) in [6.07, 6.45) is 0.682. The van der Waals surface area contributed by atoms with Crippen LogP contribution in [-0.2, 0) is 9.59 Å². The van der Waals surface area contributed by atoms with Crippen LogP contribution >= 0.6 is 11.6 Å². The number of nitrogens with zero attached hydrogens (tertiary/aromatic N) is 2. The Kier molecular flexibility index (Phi) is 8.00. The van der Waals surface area contributed by atoms with Crippen LogP contribution < -0.4 is 9.47 Å². The van der Waals surface area contributed by atoms with Crippen LogP contribution in [0.2, 0.25) is 5.02 Å². The Morgan fingerprint density at radius 3 is 2.42 bits per heavy atom. The van der Waals surface area contributed by atoms with Gasteiger partial charge in [0.2, 0.25) is 0 Å². The van der Waals surface area contributed by atoms with Crippen LogP contribution in [0.5, 0.6) is 11.5 Å². The van der Waals surface area contributed by atoms with Gasteiger partial charge in [0.25, 0.3) is 11.7 Å². The quantitative estimate of drug-likeness (QED) is 0.336. The monoisotopic (exact) mass is 472 g/mol. The first-order chi connectivity index (χ1) is 15.8. The minimum atomic E-state index is -0.719. The summed E-state index contributed by atoms with van der Waals surface area (Å²) in [7, 11) is 5.47. The second kappa shape index (κ2) is 10.7. The first-order valence-corrected chi connectivity index (χ1v) is 11.2. The van der Waals surface area contributed by atoms with Crippen molar-refractivity contribution >= 4 is 29.1 Å². The number of aliphatic hydroxyl groups is 1. The molecule has 1 atom stereocenters. The molecule has 0 radical (unpaired) electrons. The smallest absolute Gasteiger partial charge is 0.295 e. The third-order valence-electron chi connectivity index (χ3n) is 5.48. The molecule has 1 saturated heterocycles. The predicted molar refractivity (Wildman–Crippen MR) is 128 cm³/mol. The van der Waals surface area contributed by atoms with Crippen molar-refractivity contribution in [1.82, 2.24) is 9.80 Å². The zero-order valence-corrected chi connectivity index (χ0v) is 20.1. The lowest BCUT2D eigenvalue weighted by Crippen LogP contribution is -2.32. The van der Waals surface area contributed by atoms with E-state index in [0.717, 1.165) is 6.54 Å². The van der Waals surface area contributed by atoms with Crippen molar-refractivity contribution in [3.63, 3.8) is 0 Å². The molecule has 2 aromatic rings. The van der Waals surface area contributed by atoms with Crippen LogP contribution in [0.4, 0.5) is 0 Å². The van der Waals surface area contributed by atoms with Gasteiger partial charge in [-0.25, -0.2) is 0 Å². The number of hydrogen-bond acceptors (Lipinski definition) is 6. The van der Waals surface area contributed by atoms with E-state index in [1.807, 2.05) is 25.9 Å². The fraction of sp³-hybridized carbons (Fsp3) is 0.360. The lowest BCUT2D eigenvalue weighted by molar-refractivity contribution is -0.139. The standard InChI is InChI=1S/C25H29ClN2O5/c1-5-33-20-12-9-17(15-19(20)26)23(29)21-22(16-7-10-18(32-4)11-8-16)28(25(31)24(21)30)14-6-13-27(2)3/h7-12,15,22,29H,5-6,13-14H2,1-4H3/t22-/m0/s1. The highest BCUT2D eigenvalue weighted by Crippen LogP contribution is 2.40. The van der Waals surface area contributed by atoms with Gasteiger partial charge in [-0.05, 0) is 69.9 Å². The molecule has 0 aromatic heterocycles. The summed E-state index contributed by atoms with van der Waals surface area (Å²) in [6.45, 7) is 3.42. The summed E-state index contributed by atoms with van der Waals surface area (Å²) in [5.41, 5.74) is 1.09. The third-order valence-corrected chi connectivity index (χ3v) is 5.78. The number of Topliss-reactive ketones (excluding diaryl/α,β-unsaturated/α-hetero) is 1. The molecule has 8 heteroatoms. The van der Waals surface area contributed by atoms with Gasteiger partial charge in [-0.1, -0.05) is 23.7 Å². The second-order valence-electron chi connectivity index (χ2n) is 8.00. The molecule has 3 rings (SSSR count). The van der Waals surface area contributed by atoms with E-state index >= 15 is 0 Å². The molecule has 1 N–H and O–H groups in total. The number of halogens is 1. The van der Waals surface area contributed by atoms with Gasteiger partial charge in [-0.15, -0.1) is 0 Å². The van der Waals surface area contributed by atoms with E-state index in [1.54, 1.807) is 43.5 Å². The number of carbonyl (C=O) groups excluding carboxylic acids is 2. The number of methoxy groups -OCH3 is 1. The van der Waals surface area contributed by atoms with E-state index in [0.29, 0.717) is 47.2 Å². The number of aliphatic hydroxyl groups excluding tert-OH is 1. The molecule has 1 heterocycles. The number of amides is 1. The maximum absolute atomic E-state index is 13.1. The van der Waals surface area contributed by atoms with Crippen LogP contribution in [0.25, 0.3) is 5.76 Å². The number of benzene rings is 2. The van der Waals surface area contributed by atoms with Crippen molar-refractivity contribution in [3.8, 4) is 11.5 Å². The van der Waals surface area contributed by atoms with Crippen LogP contribution in [0.15, 0.2) is 48.0 Å². The number of ether oxygens (including phenoxy) is 2. The number of carbonyl (C=O) groups is 2. The Morgan fingerprint density at radius 1 is 1.15 bits per heavy atom. The topological polar surface area (TPSA) is 79.3 Å². The van der Waals surface area contributed by atoms with Crippen molar-refractivity contribution in [3.05, 3.63) is 64.2 Å². The van der Waals surface area contributed by atoms with E-state index in [9.17, 15) is 14.7 Å². The van der Waals surface area contributed by atoms with E-state index in [1.165, 1.54) is 11.0 Å². The van der Waals surface area contributed by atoms with E-state index in [-0.39, 0.29) is 11.3 Å². The van der Waals surface area contributed by atoms with Gasteiger partial charge in [0.05, 0.1) is 30.4 Å². The van der Waals surface area contributed by atoms with Gasteiger partial charge in [0, 0.05) is 12.1 Å². The molecule has 7 nitrogen and oxygen atoms in total. The molecule has 0 bridgehead atoms. The number of rotatable bonds is 9. The Balaban J connectivity index is 2.08. The molecule has 33 heavy (non-hydrogen) atoms. The van der Waals surface area contributed by atoms with Gasteiger partial charge in [0.1, 0.15) is 17.3 Å². The van der Waals surface area contributed by atoms with Crippen molar-refractivity contribution < 1.29 is 24.2 Å². The lowest BCUT2D eigenvalue weighted by Gasteiger charge is -2.26. The highest BCUT2D eigenvalue weighted by Gasteiger charge is 2.45. The van der Waals surface area contributed by atoms with Crippen LogP contribution in [-0.4, -0.2) is 67.5 Å². The molecular weight excluding hydrogens is 444 g/mol. The van der Waals surface area contributed by atoms with E-state index in [2.05, 4.69) is 0 Å². The van der Waals surface area contributed by atoms with Gasteiger partial charge in [0.15, 0.2) is 0 Å². The molecule has 1 fully saturated rings. The van der Waals surface area contributed by atoms with Crippen LogP contribution in [0.3, 0.4) is 0 Å². The van der Waals surface area contributed by atoms with Crippen LogP contribution in [0.1, 0.15) is 30.5 Å². The maximum Gasteiger partial charge on any atom is 0.295 e. The minimum Gasteiger partial charge on any atom is -0.507 e. The number of ketones is 1. The summed E-state index contributed by atoms with van der Waals surface area (Å²) in [6, 6.07) is 11.2. The average Bonchev–Trinajstić information content (AvgIpc) is 3.05. The van der Waals surface area contributed by atoms with Crippen molar-refractivity contribution in [1.29, 1.82) is 0 Å². The summed E-state index contributed by atoms with van der Waals surface area (Å²) in [4.78, 5) is 29.6. The Morgan fingerprint density at radius 2 is 1.85 bits per heavy atom. The molecule has 1 aliphatic heterocycles. The number of likely N-dealkylation sites (tertiary alicyclic amines) is 1. The largest absolute Gasteiger partial charge is 0.507 e. The van der Waals surface area contributed by atoms with Crippen molar-refractivity contribution in [2.75, 3.05) is 40.9 Å². The fourth-order valence-corrected chi connectivity index (χ4v) is 4.11. The summed E-state index contributed by atoms with van der Waals surface area (Å²) in [5.74, 6) is -0.487. The normalized spacial score (nSPS) is 17.6. The van der Waals surface area contributed by atoms with E-state index < -0.39 is 17.7 Å². The van der Waals surface area contributed by atoms with Gasteiger partial charge in [-0.3, -0.25) is 9.59 Å². The average molecular weight is 473 g/mol. The van der Waals surface area contributed by atoms with E-state index in [4.69, 9.17) is 21.1 Å². The zero-order chi connectivity index (χ0) is 24.1. The highest BCUT2D eigenvalue weighted by molar-refractivity contribution is 6.46. The lowest BCUT2D eigenvalue weighted by atomic mass is 9.95. The van der Waals surface area contributed by atoms with Crippen molar-refractivity contribution in [2.24, 2.45) is 0 Å². The molecule has 0 aliphatic carbocycles. The molecule has 2 aromatic carbocycles. The molecule has 0 saturated carbocycles. The number of hydrogen-bond donors (Lipinski definition) is 1. The van der Waals surface area contributed by atoms with Crippen LogP contribution in [0, 0.1) is 0 Å². The molecule has 0 unspecified atom stereocenters. The Bertz CT molecular complexity index is 1050. The molecule has 1 amide bonds. The Hall–Kier alpha value is -3.03. The zero-order valence-electron chi connectivity index (χ0n) is 19.3. The highest BCUT2D eigenvalue weighted by atomic mass is 35.5. The maximum atomic E-state index is 13.1. The third kappa shape index (κ3) is 5.31. The first kappa shape index (κ1) is 24.6. The summed E-state index contributed by atoms with van der Waals surface area (Å²) < 4.78 is 10.7. The minimum absolute atomic E-state index is 0.0373. The summed E-state index contributed by atoms with van der Waals surface area (Å²) in [5, 5.41) is 11.5. The first-order valence-electron chi connectivity index (χ1n) is 10.8. The fourth-order valence-electron chi connectivity index (χ4n) is 3.88. The summed E-state index contributed by atoms with van der Waals surface area (Å²) >= 11 is 6.30. The predicted octanol–water partition coefficient (Wildman–Crippen LogP) is 4.12. The molecule has 1 aliphatic rings. The van der Waals surface area contributed by atoms with Crippen molar-refractivity contribution in [2.45, 2.75) is 19.4 Å².